The number of carboxylic acids is 1. The van der Waals surface area contributed by atoms with Crippen LogP contribution in [0.5, 0.6) is 0 Å². The number of aliphatic hydroxyl groups excluding tert-OH is 1. The molecule has 0 spiro atoms. The molecule has 5 atom stereocenters. The molecule has 4 aliphatic rings. The number of nitrogens with one attached hydrogen (secondary N) is 1. The van der Waals surface area contributed by atoms with E-state index in [1.807, 2.05) is 0 Å². The lowest BCUT2D eigenvalue weighted by atomic mass is 9.64. The first-order valence-corrected chi connectivity index (χ1v) is 5.40. The van der Waals surface area contributed by atoms with E-state index in [4.69, 9.17) is 4.74 Å². The molecule has 0 radical (unpaired) electrons. The Kier molecular flexibility index (Phi) is 1.85. The van der Waals surface area contributed by atoms with Gasteiger partial charge in [-0.15, -0.1) is 0 Å². The Morgan fingerprint density at radius 2 is 2.19 bits per heavy atom. The van der Waals surface area contributed by atoms with Crippen LogP contribution in [0.3, 0.4) is 0 Å². The number of aliphatic hydroxyl groups is 1. The van der Waals surface area contributed by atoms with Crippen molar-refractivity contribution in [2.45, 2.75) is 43.6 Å². The first-order chi connectivity index (χ1) is 7.52. The molecule has 0 aromatic carbocycles. The molecule has 4 rings (SSSR count). The molecule has 1 saturated carbocycles. The van der Waals surface area contributed by atoms with Gasteiger partial charge in [0.15, 0.2) is 0 Å². The monoisotopic (exact) mass is 227 g/mol. The smallest absolute Gasteiger partial charge is 0.323 e. The van der Waals surface area contributed by atoms with E-state index in [1.165, 1.54) is 0 Å². The summed E-state index contributed by atoms with van der Waals surface area (Å²) in [5.41, 5.74) is -0.906. The van der Waals surface area contributed by atoms with E-state index in [0.717, 1.165) is 0 Å². The standard InChI is InChI=1S/C10H13NO5/c12-7-4-1-10(9(14)15)2-5(11-4)8(13)16-6(7)3-10/h4-7,11-12H,1-3H2,(H,14,15). The van der Waals surface area contributed by atoms with Crippen molar-refractivity contribution in [3.05, 3.63) is 0 Å². The fourth-order valence-electron chi connectivity index (χ4n) is 3.18. The van der Waals surface area contributed by atoms with E-state index in [0.29, 0.717) is 6.42 Å². The maximum atomic E-state index is 11.6. The first-order valence-electron chi connectivity index (χ1n) is 5.40. The van der Waals surface area contributed by atoms with Crippen molar-refractivity contribution in [3.8, 4) is 0 Å². The maximum Gasteiger partial charge on any atom is 0.323 e. The Balaban J connectivity index is 2.04. The van der Waals surface area contributed by atoms with Crippen LogP contribution in [-0.4, -0.2) is 46.4 Å². The summed E-state index contributed by atoms with van der Waals surface area (Å²) in [6.07, 6.45) is -0.609. The number of esters is 1. The predicted molar refractivity (Wildman–Crippen MR) is 50.5 cm³/mol. The van der Waals surface area contributed by atoms with Gasteiger partial charge in [-0.25, -0.2) is 0 Å². The lowest BCUT2D eigenvalue weighted by molar-refractivity contribution is -0.164. The summed E-state index contributed by atoms with van der Waals surface area (Å²) >= 11 is 0. The second-order valence-corrected chi connectivity index (χ2v) is 4.99. The quantitative estimate of drug-likeness (QED) is 0.490. The maximum absolute atomic E-state index is 11.6. The van der Waals surface area contributed by atoms with Crippen molar-refractivity contribution in [1.82, 2.24) is 5.32 Å². The molecule has 1 aliphatic carbocycles. The molecule has 3 N–H and O–H groups in total. The fraction of sp³-hybridized carbons (Fsp3) is 0.800. The molecule has 5 unspecified atom stereocenters. The summed E-state index contributed by atoms with van der Waals surface area (Å²) in [5, 5.41) is 22.2. The number of carboxylic acid groups (broad SMARTS) is 1. The highest BCUT2D eigenvalue weighted by Gasteiger charge is 2.59. The highest BCUT2D eigenvalue weighted by molar-refractivity contribution is 5.82. The number of rotatable bonds is 1. The van der Waals surface area contributed by atoms with Crippen LogP contribution in [0.15, 0.2) is 0 Å². The number of hydrogen-bond donors (Lipinski definition) is 3. The normalized spacial score (nSPS) is 49.9. The number of piperidine rings is 1. The Labute approximate surface area is 91.6 Å². The highest BCUT2D eigenvalue weighted by atomic mass is 16.6. The number of fused-ring (bicyclic) bond motifs is 1. The molecular weight excluding hydrogens is 214 g/mol. The fourth-order valence-corrected chi connectivity index (χ4v) is 3.18. The molecule has 3 heterocycles. The largest absolute Gasteiger partial charge is 0.481 e. The summed E-state index contributed by atoms with van der Waals surface area (Å²) in [4.78, 5) is 22.9. The average molecular weight is 227 g/mol. The summed E-state index contributed by atoms with van der Waals surface area (Å²) in [7, 11) is 0. The Bertz CT molecular complexity index is 370. The second-order valence-electron chi connectivity index (χ2n) is 4.99. The Morgan fingerprint density at radius 3 is 2.88 bits per heavy atom. The van der Waals surface area contributed by atoms with Crippen LogP contribution in [-0.2, 0) is 14.3 Å². The van der Waals surface area contributed by atoms with E-state index < -0.39 is 35.6 Å². The van der Waals surface area contributed by atoms with Crippen molar-refractivity contribution in [3.63, 3.8) is 0 Å². The van der Waals surface area contributed by atoms with E-state index in [1.54, 1.807) is 0 Å². The van der Waals surface area contributed by atoms with Gasteiger partial charge < -0.3 is 14.9 Å². The van der Waals surface area contributed by atoms with Gasteiger partial charge in [-0.1, -0.05) is 0 Å². The van der Waals surface area contributed by atoms with Crippen molar-refractivity contribution in [2.75, 3.05) is 0 Å². The molecule has 0 aromatic rings. The number of carbonyl (C=O) groups excluding carboxylic acids is 1. The van der Waals surface area contributed by atoms with Gasteiger partial charge in [-0.2, -0.15) is 0 Å². The third kappa shape index (κ3) is 1.14. The minimum atomic E-state index is -0.906. The average Bonchev–Trinajstić information content (AvgIpc) is 2.38. The Morgan fingerprint density at radius 1 is 1.44 bits per heavy atom. The molecule has 4 fully saturated rings. The second kappa shape index (κ2) is 2.95. The molecule has 16 heavy (non-hydrogen) atoms. The van der Waals surface area contributed by atoms with Crippen LogP contribution < -0.4 is 5.32 Å². The Hall–Kier alpha value is -1.14. The van der Waals surface area contributed by atoms with Crippen LogP contribution in [0.2, 0.25) is 0 Å². The van der Waals surface area contributed by atoms with Crippen LogP contribution in [0.1, 0.15) is 19.3 Å². The topological polar surface area (TPSA) is 95.9 Å². The highest BCUT2D eigenvalue weighted by Crippen LogP contribution is 2.47. The molecular formula is C10H13NO5. The van der Waals surface area contributed by atoms with Crippen molar-refractivity contribution in [1.29, 1.82) is 0 Å². The molecule has 6 nitrogen and oxygen atoms in total. The minimum absolute atomic E-state index is 0.226. The summed E-state index contributed by atoms with van der Waals surface area (Å²) in [5.74, 6) is -1.33. The van der Waals surface area contributed by atoms with Crippen molar-refractivity contribution in [2.24, 2.45) is 5.41 Å². The summed E-state index contributed by atoms with van der Waals surface area (Å²) in [6, 6.07) is -0.933. The number of ether oxygens (including phenoxy) is 1. The molecule has 6 heteroatoms. The van der Waals surface area contributed by atoms with Crippen molar-refractivity contribution >= 4 is 11.9 Å². The van der Waals surface area contributed by atoms with E-state index in [2.05, 4.69) is 5.32 Å². The van der Waals surface area contributed by atoms with Crippen LogP contribution in [0, 0.1) is 5.41 Å². The van der Waals surface area contributed by atoms with Gasteiger partial charge in [0.1, 0.15) is 18.2 Å². The number of aliphatic carboxylic acids is 1. The van der Waals surface area contributed by atoms with Crippen LogP contribution in [0.4, 0.5) is 0 Å². The molecule has 88 valence electrons. The zero-order valence-corrected chi connectivity index (χ0v) is 8.55. The summed E-state index contributed by atoms with van der Waals surface area (Å²) in [6.45, 7) is 0. The third-order valence-electron chi connectivity index (χ3n) is 4.01. The van der Waals surface area contributed by atoms with Gasteiger partial charge in [0.2, 0.25) is 0 Å². The van der Waals surface area contributed by atoms with Crippen LogP contribution in [0.25, 0.3) is 0 Å². The van der Waals surface area contributed by atoms with Gasteiger partial charge in [0.05, 0.1) is 5.41 Å². The lowest BCUT2D eigenvalue weighted by Crippen LogP contribution is -2.62. The van der Waals surface area contributed by atoms with Crippen LogP contribution >= 0.6 is 0 Å². The zero-order chi connectivity index (χ0) is 11.5. The van der Waals surface area contributed by atoms with E-state index in [-0.39, 0.29) is 18.9 Å². The minimum Gasteiger partial charge on any atom is -0.481 e. The number of hydrogen-bond acceptors (Lipinski definition) is 5. The van der Waals surface area contributed by atoms with Gasteiger partial charge in [-0.3, -0.25) is 14.9 Å². The SMILES string of the molecule is O=C1OC2CC3(C(=O)O)CC1NC(C3)C2O. The third-order valence-corrected chi connectivity index (χ3v) is 4.01. The van der Waals surface area contributed by atoms with E-state index >= 15 is 0 Å². The van der Waals surface area contributed by atoms with Gasteiger partial charge >= 0.3 is 11.9 Å². The van der Waals surface area contributed by atoms with E-state index in [9.17, 15) is 19.8 Å². The van der Waals surface area contributed by atoms with Gasteiger partial charge in [-0.05, 0) is 12.8 Å². The zero-order valence-electron chi connectivity index (χ0n) is 8.55. The molecule has 3 saturated heterocycles. The molecule has 3 aliphatic heterocycles. The lowest BCUT2D eigenvalue weighted by Gasteiger charge is -2.46. The number of carbonyl (C=O) groups is 2. The van der Waals surface area contributed by atoms with Crippen molar-refractivity contribution < 1.29 is 24.5 Å². The molecule has 0 amide bonds. The predicted octanol–water partition coefficient (Wildman–Crippen LogP) is -1.13. The summed E-state index contributed by atoms with van der Waals surface area (Å²) < 4.78 is 5.11. The molecule has 0 aromatic heterocycles. The molecule has 4 bridgehead atoms. The first kappa shape index (κ1) is 10.0. The van der Waals surface area contributed by atoms with Gasteiger partial charge in [0, 0.05) is 12.5 Å². The van der Waals surface area contributed by atoms with Gasteiger partial charge in [0.25, 0.3) is 0 Å².